The van der Waals surface area contributed by atoms with Crippen molar-refractivity contribution in [2.24, 2.45) is 5.92 Å². The molecule has 4 rings (SSSR count). The summed E-state index contributed by atoms with van der Waals surface area (Å²) in [5.74, 6) is 0.896. The minimum atomic E-state index is -4.38. The predicted octanol–water partition coefficient (Wildman–Crippen LogP) is 6.42. The summed E-state index contributed by atoms with van der Waals surface area (Å²) in [6.45, 7) is 7.79. The number of rotatable bonds is 3. The van der Waals surface area contributed by atoms with Crippen LogP contribution in [-0.4, -0.2) is 23.1 Å². The molecule has 0 amide bonds. The lowest BCUT2D eigenvalue weighted by Crippen LogP contribution is -2.39. The van der Waals surface area contributed by atoms with E-state index in [0.717, 1.165) is 35.2 Å². The molecule has 0 spiro atoms. The fourth-order valence-electron chi connectivity index (χ4n) is 4.14. The first-order chi connectivity index (χ1) is 13.8. The van der Waals surface area contributed by atoms with Crippen LogP contribution >= 0.6 is 11.6 Å². The number of hydrogen-bond donors (Lipinski definition) is 1. The van der Waals surface area contributed by atoms with Crippen molar-refractivity contribution in [1.82, 2.24) is 9.97 Å². The van der Waals surface area contributed by atoms with Crippen molar-refractivity contribution >= 4 is 28.3 Å². The van der Waals surface area contributed by atoms with Gasteiger partial charge in [0.25, 0.3) is 0 Å². The van der Waals surface area contributed by atoms with E-state index >= 15 is 0 Å². The average Bonchev–Trinajstić information content (AvgIpc) is 3.18. The predicted molar refractivity (Wildman–Crippen MR) is 110 cm³/mol. The summed E-state index contributed by atoms with van der Waals surface area (Å²) in [4.78, 5) is 9.29. The van der Waals surface area contributed by atoms with Gasteiger partial charge < -0.3 is 9.88 Å². The first-order valence-corrected chi connectivity index (χ1v) is 9.85. The standard InChI is InChI=1S/C22H21ClF3N3/c1-13-8-10-29(20-6-3-15(11-28-20)22(24,25)26)12-18(13)14(2)16-4-5-19(23)21-17(16)7-9-27-21/h3-7,9,11,14,18,27H,1,8,10,12H2,2H3. The summed E-state index contributed by atoms with van der Waals surface area (Å²) in [6.07, 6.45) is -0.822. The number of piperidine rings is 1. The van der Waals surface area contributed by atoms with Crippen molar-refractivity contribution in [3.8, 4) is 0 Å². The van der Waals surface area contributed by atoms with Crippen LogP contribution in [0.4, 0.5) is 19.0 Å². The Morgan fingerprint density at radius 2 is 2.03 bits per heavy atom. The molecule has 1 N–H and O–H groups in total. The number of fused-ring (bicyclic) bond motifs is 1. The van der Waals surface area contributed by atoms with Gasteiger partial charge in [0, 0.05) is 36.8 Å². The number of anilines is 1. The summed E-state index contributed by atoms with van der Waals surface area (Å²) in [5, 5.41) is 1.77. The number of halogens is 4. The molecule has 3 nitrogen and oxygen atoms in total. The summed E-state index contributed by atoms with van der Waals surface area (Å²) in [7, 11) is 0. The van der Waals surface area contributed by atoms with Crippen molar-refractivity contribution in [3.05, 3.63) is 71.0 Å². The fourth-order valence-corrected chi connectivity index (χ4v) is 4.36. The topological polar surface area (TPSA) is 31.9 Å². The molecule has 1 aliphatic heterocycles. The van der Waals surface area contributed by atoms with Gasteiger partial charge >= 0.3 is 6.18 Å². The maximum Gasteiger partial charge on any atom is 0.417 e. The van der Waals surface area contributed by atoms with Gasteiger partial charge in [0.15, 0.2) is 0 Å². The van der Waals surface area contributed by atoms with Crippen LogP contribution in [0.2, 0.25) is 5.02 Å². The van der Waals surface area contributed by atoms with Gasteiger partial charge in [-0.1, -0.05) is 36.7 Å². The molecular formula is C22H21ClF3N3. The second-order valence-electron chi connectivity index (χ2n) is 7.56. The van der Waals surface area contributed by atoms with Crippen LogP contribution < -0.4 is 4.90 Å². The third kappa shape index (κ3) is 3.73. The molecule has 0 radical (unpaired) electrons. The van der Waals surface area contributed by atoms with Gasteiger partial charge in [-0.05, 0) is 42.2 Å². The molecule has 2 atom stereocenters. The average molecular weight is 420 g/mol. The van der Waals surface area contributed by atoms with Crippen molar-refractivity contribution < 1.29 is 13.2 Å². The Kier molecular flexibility index (Phi) is 5.07. The molecule has 7 heteroatoms. The minimum Gasteiger partial charge on any atom is -0.360 e. The summed E-state index contributed by atoms with van der Waals surface area (Å²) < 4.78 is 38.5. The smallest absolute Gasteiger partial charge is 0.360 e. The molecule has 0 aliphatic carbocycles. The van der Waals surface area contributed by atoms with Crippen LogP contribution in [0.1, 0.15) is 30.4 Å². The van der Waals surface area contributed by atoms with Crippen LogP contribution in [0.3, 0.4) is 0 Å². The summed E-state index contributed by atoms with van der Waals surface area (Å²) in [5.41, 5.74) is 2.51. The summed E-state index contributed by atoms with van der Waals surface area (Å²) in [6, 6.07) is 8.50. The Labute approximate surface area is 172 Å². The van der Waals surface area contributed by atoms with Crippen molar-refractivity contribution in [2.75, 3.05) is 18.0 Å². The maximum atomic E-state index is 12.8. The lowest BCUT2D eigenvalue weighted by atomic mass is 9.78. The number of nitrogens with one attached hydrogen (secondary N) is 1. The first-order valence-electron chi connectivity index (χ1n) is 9.47. The highest BCUT2D eigenvalue weighted by molar-refractivity contribution is 6.35. The SMILES string of the molecule is C=C1CCN(c2ccc(C(F)(F)F)cn2)CC1C(C)c1ccc(Cl)c2[nH]ccc12. The van der Waals surface area contributed by atoms with E-state index in [4.69, 9.17) is 11.6 Å². The van der Waals surface area contributed by atoms with Crippen molar-refractivity contribution in [3.63, 3.8) is 0 Å². The van der Waals surface area contributed by atoms with Crippen molar-refractivity contribution in [2.45, 2.75) is 25.4 Å². The van der Waals surface area contributed by atoms with Gasteiger partial charge in [0.05, 0.1) is 16.1 Å². The van der Waals surface area contributed by atoms with Gasteiger partial charge in [-0.15, -0.1) is 0 Å². The largest absolute Gasteiger partial charge is 0.417 e. The third-order valence-electron chi connectivity index (χ3n) is 5.84. The molecule has 2 aromatic heterocycles. The molecule has 152 valence electrons. The van der Waals surface area contributed by atoms with Crippen molar-refractivity contribution in [1.29, 1.82) is 0 Å². The molecule has 1 saturated heterocycles. The first kappa shape index (κ1) is 19.8. The second kappa shape index (κ2) is 7.41. The Balaban J connectivity index is 1.60. The monoisotopic (exact) mass is 419 g/mol. The fraction of sp³-hybridized carbons (Fsp3) is 0.318. The molecule has 29 heavy (non-hydrogen) atoms. The number of benzene rings is 1. The minimum absolute atomic E-state index is 0.159. The van der Waals surface area contributed by atoms with Crippen LogP contribution in [0, 0.1) is 5.92 Å². The third-order valence-corrected chi connectivity index (χ3v) is 6.16. The van der Waals surface area contributed by atoms with E-state index in [2.05, 4.69) is 23.5 Å². The Morgan fingerprint density at radius 1 is 1.24 bits per heavy atom. The number of alkyl halides is 3. The summed E-state index contributed by atoms with van der Waals surface area (Å²) >= 11 is 6.29. The molecule has 1 aliphatic rings. The van der Waals surface area contributed by atoms with Crippen LogP contribution in [0.25, 0.3) is 10.9 Å². The van der Waals surface area contributed by atoms with Gasteiger partial charge in [-0.25, -0.2) is 4.98 Å². The van der Waals surface area contributed by atoms with Gasteiger partial charge in [0.2, 0.25) is 0 Å². The highest BCUT2D eigenvalue weighted by Crippen LogP contribution is 2.39. The van der Waals surface area contributed by atoms with Gasteiger partial charge in [-0.3, -0.25) is 0 Å². The lowest BCUT2D eigenvalue weighted by molar-refractivity contribution is -0.137. The molecule has 0 saturated carbocycles. The lowest BCUT2D eigenvalue weighted by Gasteiger charge is -2.38. The van der Waals surface area contributed by atoms with E-state index in [1.165, 1.54) is 11.6 Å². The van der Waals surface area contributed by atoms with E-state index < -0.39 is 11.7 Å². The molecule has 0 bridgehead atoms. The van der Waals surface area contributed by atoms with Crippen LogP contribution in [0.15, 0.2) is 54.9 Å². The van der Waals surface area contributed by atoms with E-state index in [0.29, 0.717) is 23.9 Å². The molecule has 1 fully saturated rings. The van der Waals surface area contributed by atoms with Gasteiger partial charge in [-0.2, -0.15) is 13.2 Å². The normalized spacial score (nSPS) is 19.0. The highest BCUT2D eigenvalue weighted by Gasteiger charge is 2.32. The van der Waals surface area contributed by atoms with E-state index in [1.807, 2.05) is 29.3 Å². The number of aromatic amines is 1. The van der Waals surface area contributed by atoms with E-state index in [9.17, 15) is 13.2 Å². The van der Waals surface area contributed by atoms with E-state index in [1.54, 1.807) is 0 Å². The number of pyridine rings is 1. The Bertz CT molecular complexity index is 1040. The van der Waals surface area contributed by atoms with Crippen LogP contribution in [0.5, 0.6) is 0 Å². The molecule has 2 unspecified atom stereocenters. The molecule has 3 heterocycles. The molecular weight excluding hydrogens is 399 g/mol. The zero-order chi connectivity index (χ0) is 20.8. The zero-order valence-electron chi connectivity index (χ0n) is 15.9. The Hall–Kier alpha value is -2.47. The zero-order valence-corrected chi connectivity index (χ0v) is 16.7. The maximum absolute atomic E-state index is 12.8. The molecule has 1 aromatic carbocycles. The molecule has 3 aromatic rings. The van der Waals surface area contributed by atoms with Crippen LogP contribution in [-0.2, 0) is 6.18 Å². The van der Waals surface area contributed by atoms with Gasteiger partial charge in [0.1, 0.15) is 5.82 Å². The number of aromatic nitrogens is 2. The highest BCUT2D eigenvalue weighted by atomic mass is 35.5. The Morgan fingerprint density at radius 3 is 2.72 bits per heavy atom. The number of hydrogen-bond acceptors (Lipinski definition) is 2. The number of H-pyrrole nitrogens is 1. The number of nitrogens with zero attached hydrogens (tertiary/aromatic N) is 2. The second-order valence-corrected chi connectivity index (χ2v) is 7.96. The van der Waals surface area contributed by atoms with E-state index in [-0.39, 0.29) is 11.8 Å². The quantitative estimate of drug-likeness (QED) is 0.496.